The smallest absolute Gasteiger partial charge is 0.368 e. The van der Waals surface area contributed by atoms with E-state index in [-0.39, 0.29) is 43.4 Å². The van der Waals surface area contributed by atoms with Crippen molar-refractivity contribution in [2.75, 3.05) is 6.16 Å². The minimum atomic E-state index is -2.41. The van der Waals surface area contributed by atoms with E-state index in [9.17, 15) is 19.2 Å². The van der Waals surface area contributed by atoms with Crippen LogP contribution in [0.15, 0.2) is 0 Å². The van der Waals surface area contributed by atoms with Gasteiger partial charge in [-0.15, -0.1) is 0 Å². The van der Waals surface area contributed by atoms with E-state index in [0.717, 1.165) is 0 Å². The molecular weight excluding hydrogens is 417 g/mol. The van der Waals surface area contributed by atoms with Crippen LogP contribution in [0.2, 0.25) is 0 Å². The van der Waals surface area contributed by atoms with Gasteiger partial charge in [0.1, 0.15) is 18.2 Å². The van der Waals surface area contributed by atoms with Crippen LogP contribution in [-0.4, -0.2) is 47.7 Å². The van der Waals surface area contributed by atoms with E-state index in [0.29, 0.717) is 0 Å². The van der Waals surface area contributed by atoms with Gasteiger partial charge in [0.15, 0.2) is 5.78 Å². The minimum Gasteiger partial charge on any atom is -0.368 e. The summed E-state index contributed by atoms with van der Waals surface area (Å²) in [5.74, 6) is -2.61. The second-order valence-corrected chi connectivity index (χ2v) is 9.09. The number of carbonyl (C=O) groups is 4. The van der Waals surface area contributed by atoms with Crippen LogP contribution in [0.5, 0.6) is 0 Å². The third kappa shape index (κ3) is 7.23. The molecule has 0 bridgehead atoms. The van der Waals surface area contributed by atoms with Crippen molar-refractivity contribution < 1.29 is 48.0 Å². The molecule has 1 rings (SSSR count). The van der Waals surface area contributed by atoms with Crippen LogP contribution in [0.4, 0.5) is 0 Å². The van der Waals surface area contributed by atoms with Crippen molar-refractivity contribution in [3.05, 3.63) is 0 Å². The first kappa shape index (κ1) is 24.9. The second-order valence-electron chi connectivity index (χ2n) is 6.20. The number of hydrogen-bond acceptors (Lipinski definition) is 6. The maximum absolute atomic E-state index is 12.1. The molecule has 5 N–H and O–H groups in total. The van der Waals surface area contributed by atoms with Crippen LogP contribution >= 0.6 is 7.72 Å². The zero-order valence-electron chi connectivity index (χ0n) is 15.7. The van der Waals surface area contributed by atoms with E-state index in [4.69, 9.17) is 15.1 Å². The van der Waals surface area contributed by atoms with E-state index in [1.54, 1.807) is 20.8 Å². The Bertz CT molecular complexity index is 560. The molecule has 12 heteroatoms. The molecule has 0 spiro atoms. The predicted octanol–water partition coefficient (Wildman–Crippen LogP) is -0.594. The third-order valence-electron chi connectivity index (χ3n) is 3.78. The molecular formula is C14H26N4O6PZn+. The van der Waals surface area contributed by atoms with Crippen LogP contribution in [0.3, 0.4) is 0 Å². The van der Waals surface area contributed by atoms with Gasteiger partial charge in [0.2, 0.25) is 23.6 Å². The van der Waals surface area contributed by atoms with Gasteiger partial charge in [-0.3, -0.25) is 19.2 Å². The average molecular weight is 443 g/mol. The molecule has 0 saturated carbocycles. The number of rotatable bonds is 9. The second kappa shape index (κ2) is 10.3. The van der Waals surface area contributed by atoms with Crippen LogP contribution in [0.25, 0.3) is 0 Å². The summed E-state index contributed by atoms with van der Waals surface area (Å²) in [7, 11) is -2.41. The number of hydrogen-bond donors (Lipinski definition) is 4. The van der Waals surface area contributed by atoms with E-state index in [1.807, 2.05) is 0 Å². The van der Waals surface area contributed by atoms with E-state index in [2.05, 4.69) is 16.0 Å². The Morgan fingerprint density at radius 1 is 0.923 bits per heavy atom. The maximum Gasteiger partial charge on any atom is 0.389 e. The van der Waals surface area contributed by atoms with Gasteiger partial charge >= 0.3 is 7.72 Å². The molecule has 4 amide bonds. The fraction of sp³-hybridized carbons (Fsp3) is 0.714. The summed E-state index contributed by atoms with van der Waals surface area (Å²) in [5, 5.41) is 7.72. The largest absolute Gasteiger partial charge is 0.389 e. The van der Waals surface area contributed by atoms with Gasteiger partial charge in [-0.2, -0.15) is 0 Å². The monoisotopic (exact) mass is 441 g/mol. The molecule has 0 aliphatic carbocycles. The Morgan fingerprint density at radius 2 is 1.46 bits per heavy atom. The van der Waals surface area contributed by atoms with Crippen molar-refractivity contribution in [3.8, 4) is 0 Å². The zero-order chi connectivity index (χ0) is 19.4. The first-order chi connectivity index (χ1) is 11.5. The molecule has 0 aromatic carbocycles. The normalized spacial score (nSPS) is 19.0. The summed E-state index contributed by atoms with van der Waals surface area (Å²) in [6, 6.07) is -1.47. The number of primary amides is 1. The van der Waals surface area contributed by atoms with Gasteiger partial charge in [0.05, 0.1) is 5.92 Å². The first-order valence-electron chi connectivity index (χ1n) is 7.91. The van der Waals surface area contributed by atoms with Crippen molar-refractivity contribution in [1.82, 2.24) is 16.0 Å². The minimum absolute atomic E-state index is 0. The summed E-state index contributed by atoms with van der Waals surface area (Å²) >= 11 is 0. The Hall–Kier alpha value is -1.15. The van der Waals surface area contributed by atoms with Gasteiger partial charge in [-0.1, -0.05) is 0 Å². The van der Waals surface area contributed by atoms with Gasteiger partial charge in [-0.05, 0) is 37.0 Å². The van der Waals surface area contributed by atoms with Crippen molar-refractivity contribution in [1.29, 1.82) is 0 Å². The number of amides is 4. The molecule has 4 atom stereocenters. The molecule has 1 heterocycles. The number of nitrogens with one attached hydrogen (secondary N) is 3. The van der Waals surface area contributed by atoms with Crippen LogP contribution in [0.1, 0.15) is 34.6 Å². The maximum atomic E-state index is 12.1. The fourth-order valence-electron chi connectivity index (χ4n) is 2.08. The number of nitrogens with two attached hydrogens (primary N) is 1. The molecule has 0 radical (unpaired) electrons. The van der Waals surface area contributed by atoms with Crippen molar-refractivity contribution >= 4 is 31.3 Å². The summed E-state index contributed by atoms with van der Waals surface area (Å²) < 4.78 is 10.3. The fourth-order valence-corrected chi connectivity index (χ4v) is 4.37. The quantitative estimate of drug-likeness (QED) is 0.162. The van der Waals surface area contributed by atoms with Crippen LogP contribution in [0, 0.1) is 5.92 Å². The zero-order valence-corrected chi connectivity index (χ0v) is 19.6. The first-order valence-corrected chi connectivity index (χ1v) is 9.79. The molecule has 10 nitrogen and oxygen atoms in total. The molecule has 1 saturated heterocycles. The Morgan fingerprint density at radius 3 is 1.88 bits per heavy atom. The Balaban J connectivity index is 0.00000625. The molecule has 144 valence electrons. The third-order valence-corrected chi connectivity index (χ3v) is 6.68. The Kier molecular flexibility index (Phi) is 9.80. The molecule has 1 aliphatic heterocycles. The predicted molar refractivity (Wildman–Crippen MR) is 90.8 cm³/mol. The van der Waals surface area contributed by atoms with Crippen molar-refractivity contribution in [2.45, 2.75) is 52.5 Å². The summed E-state index contributed by atoms with van der Waals surface area (Å²) in [5.41, 5.74) is 5.12. The van der Waals surface area contributed by atoms with Gasteiger partial charge in [0.25, 0.3) is 0 Å². The number of carbonyl (C=O) groups excluding carboxylic acids is 4. The van der Waals surface area contributed by atoms with Gasteiger partial charge in [0, 0.05) is 26.4 Å². The van der Waals surface area contributed by atoms with Crippen molar-refractivity contribution in [3.63, 3.8) is 0 Å². The molecule has 0 aromatic heterocycles. The Labute approximate surface area is 165 Å². The van der Waals surface area contributed by atoms with E-state index in [1.165, 1.54) is 13.8 Å². The van der Waals surface area contributed by atoms with Crippen molar-refractivity contribution in [2.24, 2.45) is 11.7 Å². The molecule has 1 aliphatic rings. The van der Waals surface area contributed by atoms with Crippen LogP contribution < -0.4 is 21.7 Å². The SMILES string of the molecule is CC(=O)NC(C)C(=O)NC(C)[P+]1(CC(C)C(=O)NC(C)C(N)=O)OO1.[Zn]. The topological polar surface area (TPSA) is 155 Å². The molecule has 1 fully saturated rings. The van der Waals surface area contributed by atoms with Gasteiger partial charge in [-0.25, -0.2) is 0 Å². The standard InChI is InChI=1S/C14H25N4O6P.Zn/c1-7(13(21)17-8(2)12(15)20)6-25(23-24-25)11(5)18-14(22)9(3)16-10(4)19;/h7-9,11H,6H2,1-5H3,(H4-,15,16,17,18,19,20,21,22);/p+1. The summed E-state index contributed by atoms with van der Waals surface area (Å²) in [4.78, 5) is 46.2. The molecule has 26 heavy (non-hydrogen) atoms. The summed E-state index contributed by atoms with van der Waals surface area (Å²) in [6.45, 7) is 7.76. The van der Waals surface area contributed by atoms with E-state index < -0.39 is 37.4 Å². The summed E-state index contributed by atoms with van der Waals surface area (Å²) in [6.07, 6.45) is 0.278. The van der Waals surface area contributed by atoms with Gasteiger partial charge < -0.3 is 21.7 Å². The molecule has 4 unspecified atom stereocenters. The van der Waals surface area contributed by atoms with E-state index >= 15 is 0 Å². The molecule has 0 aromatic rings. The van der Waals surface area contributed by atoms with Crippen LogP contribution in [-0.2, 0) is 48.0 Å². The average Bonchev–Trinajstić information content (AvgIpc) is 3.26.